The Balaban J connectivity index is 3.19. The lowest BCUT2D eigenvalue weighted by molar-refractivity contribution is 1.37. The number of hydrogen-bond donors (Lipinski definition) is 0. The van der Waals surface area contributed by atoms with Gasteiger partial charge in [-0.25, -0.2) is 0 Å². The zero-order valence-corrected chi connectivity index (χ0v) is 7.72. The third-order valence-corrected chi connectivity index (χ3v) is 1.71. The molecule has 0 saturated carbocycles. The molecule has 0 rings (SSSR count). The van der Waals surface area contributed by atoms with Crippen molar-refractivity contribution in [3.05, 3.63) is 11.6 Å². The Bertz CT molecular complexity index is 153. The molecular formula is C9H14S. The van der Waals surface area contributed by atoms with Crippen LogP contribution in [0.2, 0.25) is 0 Å². The molecule has 1 heteroatoms. The van der Waals surface area contributed by atoms with Gasteiger partial charge in [-0.1, -0.05) is 17.6 Å². The van der Waals surface area contributed by atoms with Crippen LogP contribution in [0.4, 0.5) is 0 Å². The molecule has 0 aliphatic heterocycles. The van der Waals surface area contributed by atoms with Crippen LogP contribution in [0.25, 0.3) is 0 Å². The fraction of sp³-hybridized carbons (Fsp3) is 0.556. The maximum atomic E-state index is 3.01. The third-order valence-electron chi connectivity index (χ3n) is 0.960. The normalized spacial score (nSPS) is 7.90. The molecule has 0 bridgehead atoms. The van der Waals surface area contributed by atoms with E-state index in [4.69, 9.17) is 0 Å². The average molecular weight is 154 g/mol. The van der Waals surface area contributed by atoms with Gasteiger partial charge in [0.05, 0.1) is 5.75 Å². The van der Waals surface area contributed by atoms with Crippen LogP contribution >= 0.6 is 11.8 Å². The molecule has 0 spiro atoms. The van der Waals surface area contributed by atoms with E-state index in [-0.39, 0.29) is 0 Å². The van der Waals surface area contributed by atoms with E-state index < -0.39 is 0 Å². The molecule has 0 N–H and O–H groups in total. The summed E-state index contributed by atoms with van der Waals surface area (Å²) in [5.74, 6) is 7.92. The second-order valence-corrected chi connectivity index (χ2v) is 3.25. The quantitative estimate of drug-likeness (QED) is 0.342. The van der Waals surface area contributed by atoms with E-state index in [1.165, 1.54) is 5.57 Å². The van der Waals surface area contributed by atoms with Crippen LogP contribution in [0.15, 0.2) is 11.6 Å². The van der Waals surface area contributed by atoms with Gasteiger partial charge in [0, 0.05) is 5.75 Å². The SMILES string of the molecule is CC#CCSCC=C(C)C. The monoisotopic (exact) mass is 154 g/mol. The van der Waals surface area contributed by atoms with E-state index in [9.17, 15) is 0 Å². The molecule has 0 nitrogen and oxygen atoms in total. The van der Waals surface area contributed by atoms with Crippen LogP contribution in [0.1, 0.15) is 20.8 Å². The van der Waals surface area contributed by atoms with Crippen molar-refractivity contribution < 1.29 is 0 Å². The largest absolute Gasteiger partial charge is 0.145 e. The maximum absolute atomic E-state index is 3.01. The Hall–Kier alpha value is -0.350. The van der Waals surface area contributed by atoms with E-state index in [1.54, 1.807) is 0 Å². The van der Waals surface area contributed by atoms with Gasteiger partial charge in [0.1, 0.15) is 0 Å². The van der Waals surface area contributed by atoms with Crippen molar-refractivity contribution in [3.63, 3.8) is 0 Å². The molecule has 0 aliphatic carbocycles. The summed E-state index contributed by atoms with van der Waals surface area (Å²) >= 11 is 1.86. The highest BCUT2D eigenvalue weighted by molar-refractivity contribution is 7.99. The van der Waals surface area contributed by atoms with E-state index in [1.807, 2.05) is 18.7 Å². The molecule has 0 amide bonds. The molecule has 0 radical (unpaired) electrons. The van der Waals surface area contributed by atoms with Crippen molar-refractivity contribution in [2.24, 2.45) is 0 Å². The highest BCUT2D eigenvalue weighted by Gasteiger charge is 1.79. The fourth-order valence-corrected chi connectivity index (χ4v) is 1.22. The van der Waals surface area contributed by atoms with Gasteiger partial charge in [-0.2, -0.15) is 0 Å². The summed E-state index contributed by atoms with van der Waals surface area (Å²) in [5, 5.41) is 0. The van der Waals surface area contributed by atoms with Crippen molar-refractivity contribution >= 4 is 11.8 Å². The number of thioether (sulfide) groups is 1. The summed E-state index contributed by atoms with van der Waals surface area (Å²) in [6.07, 6.45) is 2.22. The van der Waals surface area contributed by atoms with Gasteiger partial charge in [-0.3, -0.25) is 0 Å². The van der Waals surface area contributed by atoms with Crippen molar-refractivity contribution in [1.82, 2.24) is 0 Å². The third kappa shape index (κ3) is 7.65. The predicted molar refractivity (Wildman–Crippen MR) is 50.2 cm³/mol. The van der Waals surface area contributed by atoms with E-state index in [0.717, 1.165) is 11.5 Å². The summed E-state index contributed by atoms with van der Waals surface area (Å²) in [6, 6.07) is 0. The van der Waals surface area contributed by atoms with Gasteiger partial charge in [0.15, 0.2) is 0 Å². The van der Waals surface area contributed by atoms with Crippen molar-refractivity contribution in [3.8, 4) is 11.8 Å². The minimum absolute atomic E-state index is 0.959. The molecule has 10 heavy (non-hydrogen) atoms. The van der Waals surface area contributed by atoms with Gasteiger partial charge in [0.25, 0.3) is 0 Å². The van der Waals surface area contributed by atoms with Crippen molar-refractivity contribution in [2.75, 3.05) is 11.5 Å². The molecule has 0 fully saturated rings. The van der Waals surface area contributed by atoms with Crippen LogP contribution < -0.4 is 0 Å². The second kappa shape index (κ2) is 6.77. The molecular weight excluding hydrogens is 140 g/mol. The minimum Gasteiger partial charge on any atom is -0.145 e. The highest BCUT2D eigenvalue weighted by atomic mass is 32.2. The van der Waals surface area contributed by atoms with E-state index in [2.05, 4.69) is 31.8 Å². The van der Waals surface area contributed by atoms with Crippen LogP contribution in [-0.2, 0) is 0 Å². The molecule has 0 aromatic carbocycles. The number of rotatable bonds is 3. The highest BCUT2D eigenvalue weighted by Crippen LogP contribution is 2.00. The zero-order valence-electron chi connectivity index (χ0n) is 6.90. The Morgan fingerprint density at radius 1 is 1.50 bits per heavy atom. The first-order valence-electron chi connectivity index (χ1n) is 3.38. The molecule has 0 heterocycles. The Morgan fingerprint density at radius 2 is 2.20 bits per heavy atom. The first kappa shape index (κ1) is 9.65. The second-order valence-electron chi connectivity index (χ2n) is 2.22. The summed E-state index contributed by atoms with van der Waals surface area (Å²) in [7, 11) is 0. The summed E-state index contributed by atoms with van der Waals surface area (Å²) in [4.78, 5) is 0. The maximum Gasteiger partial charge on any atom is 0.0550 e. The molecule has 0 saturated heterocycles. The molecule has 0 atom stereocenters. The Labute approximate surface area is 68.1 Å². The minimum atomic E-state index is 0.959. The molecule has 0 aromatic heterocycles. The van der Waals surface area contributed by atoms with E-state index in [0.29, 0.717) is 0 Å². The van der Waals surface area contributed by atoms with Crippen molar-refractivity contribution in [2.45, 2.75) is 20.8 Å². The summed E-state index contributed by atoms with van der Waals surface area (Å²) < 4.78 is 0. The van der Waals surface area contributed by atoms with Crippen LogP contribution in [0.5, 0.6) is 0 Å². The van der Waals surface area contributed by atoms with Crippen LogP contribution in [0.3, 0.4) is 0 Å². The average Bonchev–Trinajstić information content (AvgIpc) is 1.87. The number of hydrogen-bond acceptors (Lipinski definition) is 1. The van der Waals surface area contributed by atoms with Gasteiger partial charge in [0.2, 0.25) is 0 Å². The number of allylic oxidation sites excluding steroid dienone is 1. The zero-order chi connectivity index (χ0) is 7.82. The Kier molecular flexibility index (Phi) is 6.53. The smallest absolute Gasteiger partial charge is 0.0550 e. The van der Waals surface area contributed by atoms with Gasteiger partial charge in [-0.15, -0.1) is 17.7 Å². The topological polar surface area (TPSA) is 0 Å². The van der Waals surface area contributed by atoms with Gasteiger partial charge >= 0.3 is 0 Å². The van der Waals surface area contributed by atoms with Crippen LogP contribution in [0, 0.1) is 11.8 Å². The molecule has 0 aromatic rings. The summed E-state index contributed by atoms with van der Waals surface area (Å²) in [5.41, 5.74) is 1.39. The lowest BCUT2D eigenvalue weighted by Gasteiger charge is -1.89. The first-order valence-corrected chi connectivity index (χ1v) is 4.53. The molecule has 0 unspecified atom stereocenters. The predicted octanol–water partition coefficient (Wildman–Crippen LogP) is 2.71. The van der Waals surface area contributed by atoms with Gasteiger partial charge in [-0.05, 0) is 20.8 Å². The standard InChI is InChI=1S/C9H14S/c1-4-5-7-10-8-6-9(2)3/h6H,7-8H2,1-3H3. The molecule has 56 valence electrons. The van der Waals surface area contributed by atoms with E-state index >= 15 is 0 Å². The van der Waals surface area contributed by atoms with Crippen LogP contribution in [-0.4, -0.2) is 11.5 Å². The van der Waals surface area contributed by atoms with Gasteiger partial charge < -0.3 is 0 Å². The summed E-state index contributed by atoms with van der Waals surface area (Å²) in [6.45, 7) is 6.11. The fourth-order valence-electron chi connectivity index (χ4n) is 0.408. The lowest BCUT2D eigenvalue weighted by atomic mass is 10.3. The lowest BCUT2D eigenvalue weighted by Crippen LogP contribution is -1.75. The molecule has 0 aliphatic rings. The Morgan fingerprint density at radius 3 is 2.70 bits per heavy atom. The first-order chi connectivity index (χ1) is 4.77. The van der Waals surface area contributed by atoms with Crippen molar-refractivity contribution in [1.29, 1.82) is 0 Å².